The Hall–Kier alpha value is -0.0862. The average molecular weight is 385 g/mol. The van der Waals surface area contributed by atoms with Gasteiger partial charge >= 0.3 is 0 Å². The molecule has 4 heteroatoms. The Bertz CT molecular complexity index is 473. The summed E-state index contributed by atoms with van der Waals surface area (Å²) in [5, 5.41) is 0.431. The largest absolute Gasteiger partial charge is 0.414 e. The highest BCUT2D eigenvalue weighted by Gasteiger charge is 2.42. The zero-order valence-corrected chi connectivity index (χ0v) is 21.3. The minimum atomic E-state index is -1.83. The van der Waals surface area contributed by atoms with Crippen LogP contribution in [0.15, 0.2) is 0 Å². The van der Waals surface area contributed by atoms with Gasteiger partial charge in [0, 0.05) is 12.0 Å². The highest BCUT2D eigenvalue weighted by molar-refractivity contribution is 6.74. The summed E-state index contributed by atoms with van der Waals surface area (Å²) < 4.78 is 13.3. The van der Waals surface area contributed by atoms with Gasteiger partial charge in [-0.15, -0.1) is 5.92 Å². The maximum Gasteiger partial charge on any atom is 0.192 e. The highest BCUT2D eigenvalue weighted by Crippen LogP contribution is 2.40. The normalized spacial score (nSPS) is 17.5. The van der Waals surface area contributed by atoms with Crippen molar-refractivity contribution in [3.05, 3.63) is 0 Å². The van der Waals surface area contributed by atoms with Crippen LogP contribution in [0.5, 0.6) is 0 Å². The minimum Gasteiger partial charge on any atom is -0.414 e. The predicted molar refractivity (Wildman–Crippen MR) is 117 cm³/mol. The monoisotopic (exact) mass is 384 g/mol. The maximum atomic E-state index is 6.76. The van der Waals surface area contributed by atoms with Gasteiger partial charge in [0.15, 0.2) is 16.6 Å². The van der Waals surface area contributed by atoms with Gasteiger partial charge in [0.25, 0.3) is 0 Å². The van der Waals surface area contributed by atoms with Crippen LogP contribution < -0.4 is 0 Å². The Morgan fingerprint density at radius 3 is 1.56 bits per heavy atom. The lowest BCUT2D eigenvalue weighted by molar-refractivity contribution is 0.0824. The van der Waals surface area contributed by atoms with E-state index >= 15 is 0 Å². The third-order valence-corrected chi connectivity index (χ3v) is 15.2. The molecular formula is C21H44O2Si2. The van der Waals surface area contributed by atoms with E-state index in [1.807, 2.05) is 6.92 Å². The molecule has 0 aromatic carbocycles. The van der Waals surface area contributed by atoms with E-state index in [9.17, 15) is 0 Å². The van der Waals surface area contributed by atoms with Crippen molar-refractivity contribution in [3.8, 4) is 11.8 Å². The van der Waals surface area contributed by atoms with Gasteiger partial charge in [0.05, 0.1) is 6.10 Å². The molecule has 0 saturated heterocycles. The van der Waals surface area contributed by atoms with Crippen LogP contribution in [-0.2, 0) is 8.85 Å². The molecule has 3 atom stereocenters. The fraction of sp³-hybridized carbons (Fsp3) is 0.905. The number of rotatable bonds is 7. The number of hydrogen-bond donors (Lipinski definition) is 0. The van der Waals surface area contributed by atoms with E-state index in [4.69, 9.17) is 8.85 Å². The van der Waals surface area contributed by atoms with Gasteiger partial charge in [-0.25, -0.2) is 0 Å². The number of hydrogen-bond acceptors (Lipinski definition) is 2. The molecular weight excluding hydrogens is 340 g/mol. The summed E-state index contributed by atoms with van der Waals surface area (Å²) in [4.78, 5) is 0. The lowest BCUT2D eigenvalue weighted by Crippen LogP contribution is -2.48. The van der Waals surface area contributed by atoms with Gasteiger partial charge in [0.2, 0.25) is 0 Å². The van der Waals surface area contributed by atoms with Crippen LogP contribution in [0.1, 0.15) is 68.7 Å². The van der Waals surface area contributed by atoms with Gasteiger partial charge in [-0.1, -0.05) is 47.5 Å². The molecule has 0 amide bonds. The highest BCUT2D eigenvalue weighted by atomic mass is 28.4. The van der Waals surface area contributed by atoms with Crippen molar-refractivity contribution in [2.24, 2.45) is 5.92 Å². The molecule has 0 bridgehead atoms. The van der Waals surface area contributed by atoms with Crippen LogP contribution in [0.2, 0.25) is 36.3 Å². The van der Waals surface area contributed by atoms with Gasteiger partial charge < -0.3 is 8.85 Å². The molecule has 0 aromatic heterocycles. The van der Waals surface area contributed by atoms with Gasteiger partial charge in [-0.3, -0.25) is 0 Å². The van der Waals surface area contributed by atoms with E-state index in [-0.39, 0.29) is 28.2 Å². The van der Waals surface area contributed by atoms with E-state index < -0.39 is 16.6 Å². The van der Waals surface area contributed by atoms with Crippen molar-refractivity contribution in [1.29, 1.82) is 0 Å². The first-order chi connectivity index (χ1) is 10.9. The lowest BCUT2D eigenvalue weighted by atomic mass is 10.0. The van der Waals surface area contributed by atoms with E-state index in [1.54, 1.807) is 0 Å². The Labute approximate surface area is 160 Å². The van der Waals surface area contributed by atoms with Crippen LogP contribution in [0, 0.1) is 17.8 Å². The van der Waals surface area contributed by atoms with E-state index in [1.165, 1.54) is 0 Å². The average Bonchev–Trinajstić information content (AvgIpc) is 2.34. The van der Waals surface area contributed by atoms with Crippen LogP contribution in [0.4, 0.5) is 0 Å². The molecule has 0 saturated carbocycles. The fourth-order valence-electron chi connectivity index (χ4n) is 2.29. The van der Waals surface area contributed by atoms with E-state index in [0.29, 0.717) is 0 Å². The smallest absolute Gasteiger partial charge is 0.192 e. The standard InChI is InChI=1S/C21H44O2Si2/c1-14-15-17(2)19(23-25(12,13)21(7,8)9)16-18(3)22-24(10,11)20(4,5)6/h17-19H,16H2,1-13H3. The Morgan fingerprint density at radius 2 is 1.20 bits per heavy atom. The first kappa shape index (κ1) is 24.9. The van der Waals surface area contributed by atoms with Crippen molar-refractivity contribution in [2.75, 3.05) is 0 Å². The van der Waals surface area contributed by atoms with Crippen molar-refractivity contribution in [3.63, 3.8) is 0 Å². The first-order valence-corrected chi connectivity index (χ1v) is 15.5. The molecule has 0 aliphatic rings. The molecule has 0 rings (SSSR count). The van der Waals surface area contributed by atoms with E-state index in [0.717, 1.165) is 6.42 Å². The van der Waals surface area contributed by atoms with Gasteiger partial charge in [-0.05, 0) is 63.5 Å². The maximum absolute atomic E-state index is 6.76. The summed E-state index contributed by atoms with van der Waals surface area (Å²) >= 11 is 0. The molecule has 0 fully saturated rings. The Kier molecular flexibility index (Phi) is 8.70. The molecule has 0 N–H and O–H groups in total. The predicted octanol–water partition coefficient (Wildman–Crippen LogP) is 6.84. The van der Waals surface area contributed by atoms with Crippen molar-refractivity contribution < 1.29 is 8.85 Å². The topological polar surface area (TPSA) is 18.5 Å². The second-order valence-electron chi connectivity index (χ2n) is 10.5. The van der Waals surface area contributed by atoms with Crippen LogP contribution in [-0.4, -0.2) is 28.8 Å². The van der Waals surface area contributed by atoms with Crippen LogP contribution in [0.25, 0.3) is 0 Å². The Morgan fingerprint density at radius 1 is 0.800 bits per heavy atom. The van der Waals surface area contributed by atoms with Gasteiger partial charge in [0.1, 0.15) is 0 Å². The summed E-state index contributed by atoms with van der Waals surface area (Å²) in [6.07, 6.45) is 1.24. The quantitative estimate of drug-likeness (QED) is 0.353. The Balaban J connectivity index is 5.29. The zero-order chi connectivity index (χ0) is 20.3. The lowest BCUT2D eigenvalue weighted by Gasteiger charge is -2.42. The molecule has 0 aromatic rings. The molecule has 0 aliphatic carbocycles. The fourth-order valence-corrected chi connectivity index (χ4v) is 5.15. The SMILES string of the molecule is CC#CC(C)C(CC(C)O[Si](C)(C)C(C)(C)C)O[Si](C)(C)C(C)(C)C. The molecule has 0 heterocycles. The summed E-state index contributed by atoms with van der Waals surface area (Å²) in [7, 11) is -3.60. The molecule has 25 heavy (non-hydrogen) atoms. The summed E-state index contributed by atoms with van der Waals surface area (Å²) in [5.74, 6) is 6.62. The first-order valence-electron chi connectivity index (χ1n) is 9.72. The van der Waals surface area contributed by atoms with Gasteiger partial charge in [-0.2, -0.15) is 0 Å². The second kappa shape index (κ2) is 8.73. The molecule has 2 nitrogen and oxygen atoms in total. The van der Waals surface area contributed by atoms with E-state index in [2.05, 4.69) is 93.4 Å². The van der Waals surface area contributed by atoms with Crippen LogP contribution >= 0.6 is 0 Å². The second-order valence-corrected chi connectivity index (χ2v) is 20.0. The summed E-state index contributed by atoms with van der Waals surface area (Å²) in [6, 6.07) is 0. The minimum absolute atomic E-state index is 0.133. The third kappa shape index (κ3) is 7.58. The molecule has 0 aliphatic heterocycles. The van der Waals surface area contributed by atoms with Crippen molar-refractivity contribution >= 4 is 16.6 Å². The zero-order valence-electron chi connectivity index (χ0n) is 19.3. The summed E-state index contributed by atoms with van der Waals surface area (Å²) in [5.41, 5.74) is 0. The molecule has 0 radical (unpaired) electrons. The third-order valence-electron chi connectivity index (χ3n) is 6.05. The van der Waals surface area contributed by atoms with Crippen molar-refractivity contribution in [2.45, 2.75) is 117 Å². The molecule has 0 spiro atoms. The van der Waals surface area contributed by atoms with Crippen molar-refractivity contribution in [1.82, 2.24) is 0 Å². The summed E-state index contributed by atoms with van der Waals surface area (Å²) in [6.45, 7) is 29.4. The molecule has 3 unspecified atom stereocenters. The van der Waals surface area contributed by atoms with Crippen LogP contribution in [0.3, 0.4) is 0 Å². The molecule has 148 valence electrons.